The topological polar surface area (TPSA) is 78.9 Å². The number of rotatable bonds is 10. The number of amides is 1. The molecule has 1 atom stereocenters. The molecule has 1 aliphatic rings. The number of likely N-dealkylation sites (tertiary alicyclic amines) is 1. The Balaban J connectivity index is 2.05. The van der Waals surface area contributed by atoms with Crippen LogP contribution < -0.4 is 5.48 Å². The molecule has 2 rings (SSSR count). The van der Waals surface area contributed by atoms with E-state index >= 15 is 0 Å². The number of nitrogens with zero attached hydrogens (tertiary/aromatic N) is 1. The normalized spacial score (nSPS) is 18.1. The van der Waals surface area contributed by atoms with Gasteiger partial charge in [0.2, 0.25) is 6.41 Å². The number of aliphatic hydroxyl groups is 1. The van der Waals surface area contributed by atoms with Crippen molar-refractivity contribution < 1.29 is 19.5 Å². The van der Waals surface area contributed by atoms with Crippen LogP contribution in [0.4, 0.5) is 0 Å². The average Bonchev–Trinajstić information content (AvgIpc) is 2.68. The molecule has 1 aliphatic heterocycles. The molecule has 7 heteroatoms. The maximum Gasteiger partial charge on any atom is 0.336 e. The van der Waals surface area contributed by atoms with Crippen LogP contribution in [0.15, 0.2) is 30.3 Å². The lowest BCUT2D eigenvalue weighted by atomic mass is 9.81. The van der Waals surface area contributed by atoms with Gasteiger partial charge in [0.05, 0.1) is 12.5 Å². The highest BCUT2D eigenvalue weighted by molar-refractivity contribution is 8.00. The second-order valence-corrected chi connectivity index (χ2v) is 8.03. The van der Waals surface area contributed by atoms with Crippen LogP contribution in [0.25, 0.3) is 0 Å². The maximum atomic E-state index is 12.4. The van der Waals surface area contributed by atoms with Crippen molar-refractivity contribution >= 4 is 24.1 Å². The van der Waals surface area contributed by atoms with Crippen molar-refractivity contribution in [3.05, 3.63) is 35.9 Å². The van der Waals surface area contributed by atoms with Crippen LogP contribution in [0, 0.1) is 5.92 Å². The Morgan fingerprint density at radius 3 is 2.65 bits per heavy atom. The molecule has 1 amide bonds. The zero-order valence-corrected chi connectivity index (χ0v) is 16.0. The molecule has 1 unspecified atom stereocenters. The van der Waals surface area contributed by atoms with Crippen molar-refractivity contribution in [3.63, 3.8) is 0 Å². The average molecular weight is 381 g/mol. The molecule has 0 spiro atoms. The van der Waals surface area contributed by atoms with Crippen molar-refractivity contribution in [1.82, 2.24) is 10.4 Å². The summed E-state index contributed by atoms with van der Waals surface area (Å²) < 4.78 is -0.272. The summed E-state index contributed by atoms with van der Waals surface area (Å²) in [5.74, 6) is -0.129. The largest absolute Gasteiger partial charge is 0.396 e. The van der Waals surface area contributed by atoms with Gasteiger partial charge < -0.3 is 9.94 Å². The van der Waals surface area contributed by atoms with Crippen LogP contribution >= 0.6 is 11.8 Å². The molecule has 6 nitrogen and oxygen atoms in total. The van der Waals surface area contributed by atoms with E-state index in [9.17, 15) is 14.7 Å². The Labute approximate surface area is 159 Å². The minimum absolute atomic E-state index is 0.0816. The monoisotopic (exact) mass is 380 g/mol. The minimum atomic E-state index is -0.401. The number of carbonyl (C=O) groups excluding carboxylic acids is 2. The Kier molecular flexibility index (Phi) is 8.41. The Bertz CT molecular complexity index is 562. The fraction of sp³-hybridized carbons (Fsp3) is 0.579. The van der Waals surface area contributed by atoms with Gasteiger partial charge in [0.25, 0.3) is 0 Å². The molecule has 1 saturated heterocycles. The van der Waals surface area contributed by atoms with Gasteiger partial charge >= 0.3 is 5.97 Å². The van der Waals surface area contributed by atoms with Crippen molar-refractivity contribution in [2.24, 2.45) is 5.92 Å². The Morgan fingerprint density at radius 1 is 1.38 bits per heavy atom. The van der Waals surface area contributed by atoms with Crippen LogP contribution in [0.3, 0.4) is 0 Å². The summed E-state index contributed by atoms with van der Waals surface area (Å²) in [6.45, 7) is 4.72. The fourth-order valence-electron chi connectivity index (χ4n) is 3.68. The van der Waals surface area contributed by atoms with E-state index < -0.39 is 5.97 Å². The van der Waals surface area contributed by atoms with Gasteiger partial charge in [-0.25, -0.2) is 4.79 Å². The van der Waals surface area contributed by atoms with Crippen LogP contribution in [0.1, 0.15) is 31.7 Å². The molecular formula is C19H28N2O4S. The number of thioether (sulfide) groups is 1. The predicted molar refractivity (Wildman–Crippen MR) is 102 cm³/mol. The second-order valence-electron chi connectivity index (χ2n) is 6.52. The molecule has 2 N–H and O–H groups in total. The van der Waals surface area contributed by atoms with E-state index in [1.807, 2.05) is 30.6 Å². The van der Waals surface area contributed by atoms with Gasteiger partial charge in [-0.2, -0.15) is 17.2 Å². The SMILES string of the molecule is CCC(C(=O)ONC=O)C1(SCCO)CCN(Cc2ccccc2)CC1. The number of carbonyl (C=O) groups is 2. The lowest BCUT2D eigenvalue weighted by Gasteiger charge is -2.45. The third-order valence-corrected chi connectivity index (χ3v) is 6.62. The number of benzene rings is 1. The minimum Gasteiger partial charge on any atom is -0.396 e. The Morgan fingerprint density at radius 2 is 2.08 bits per heavy atom. The van der Waals surface area contributed by atoms with Crippen LogP contribution in [-0.2, 0) is 21.0 Å². The summed E-state index contributed by atoms with van der Waals surface area (Å²) in [6.07, 6.45) is 2.69. The molecule has 0 radical (unpaired) electrons. The van der Waals surface area contributed by atoms with Gasteiger partial charge in [-0.15, -0.1) is 0 Å². The zero-order valence-electron chi connectivity index (χ0n) is 15.2. The van der Waals surface area contributed by atoms with E-state index in [1.54, 1.807) is 11.8 Å². The molecular weight excluding hydrogens is 352 g/mol. The van der Waals surface area contributed by atoms with Crippen LogP contribution in [0.5, 0.6) is 0 Å². The molecule has 0 saturated carbocycles. The van der Waals surface area contributed by atoms with Gasteiger partial charge in [-0.3, -0.25) is 9.69 Å². The van der Waals surface area contributed by atoms with Gasteiger partial charge in [-0.1, -0.05) is 37.3 Å². The standard InChI is InChI=1S/C19H28N2O4S/c1-2-17(18(24)25-20-15-23)19(26-13-12-22)8-10-21(11-9-19)14-16-6-4-3-5-7-16/h3-7,15,17,22H,2,8-14H2,1H3,(H,20,23). The summed E-state index contributed by atoms with van der Waals surface area (Å²) in [6, 6.07) is 10.4. The maximum absolute atomic E-state index is 12.4. The highest BCUT2D eigenvalue weighted by atomic mass is 32.2. The predicted octanol–water partition coefficient (Wildman–Crippen LogP) is 1.98. The van der Waals surface area contributed by atoms with Crippen molar-refractivity contribution in [3.8, 4) is 0 Å². The number of hydroxylamine groups is 1. The van der Waals surface area contributed by atoms with E-state index in [0.717, 1.165) is 32.5 Å². The summed E-state index contributed by atoms with van der Waals surface area (Å²) in [5, 5.41) is 9.29. The molecule has 1 fully saturated rings. The third kappa shape index (κ3) is 5.46. The van der Waals surface area contributed by atoms with Crippen LogP contribution in [0.2, 0.25) is 0 Å². The number of hydrogen-bond donors (Lipinski definition) is 2. The van der Waals surface area contributed by atoms with Crippen LogP contribution in [-0.4, -0.2) is 52.6 Å². The van der Waals surface area contributed by atoms with Gasteiger partial charge in [-0.05, 0) is 37.9 Å². The summed E-state index contributed by atoms with van der Waals surface area (Å²) in [4.78, 5) is 30.1. The van der Waals surface area contributed by atoms with Gasteiger partial charge in [0, 0.05) is 17.0 Å². The first-order valence-electron chi connectivity index (χ1n) is 9.06. The van der Waals surface area contributed by atoms with Gasteiger partial charge in [0.1, 0.15) is 0 Å². The summed E-state index contributed by atoms with van der Waals surface area (Å²) >= 11 is 1.65. The molecule has 1 heterocycles. The van der Waals surface area contributed by atoms with Gasteiger partial charge in [0.15, 0.2) is 0 Å². The molecule has 144 valence electrons. The van der Waals surface area contributed by atoms with Crippen molar-refractivity contribution in [2.75, 3.05) is 25.4 Å². The van der Waals surface area contributed by atoms with E-state index in [0.29, 0.717) is 18.6 Å². The lowest BCUT2D eigenvalue weighted by Crippen LogP contribution is -2.50. The molecule has 0 aliphatic carbocycles. The van der Waals surface area contributed by atoms with Crippen molar-refractivity contribution in [1.29, 1.82) is 0 Å². The number of hydrogen-bond acceptors (Lipinski definition) is 6. The molecule has 1 aromatic rings. The zero-order chi connectivity index (χ0) is 18.8. The van der Waals surface area contributed by atoms with E-state index in [2.05, 4.69) is 17.0 Å². The Hall–Kier alpha value is -1.57. The first-order valence-corrected chi connectivity index (χ1v) is 10.0. The highest BCUT2D eigenvalue weighted by Crippen LogP contribution is 2.44. The van der Waals surface area contributed by atoms with E-state index in [4.69, 9.17) is 4.84 Å². The lowest BCUT2D eigenvalue weighted by molar-refractivity contribution is -0.160. The number of piperidine rings is 1. The summed E-state index contributed by atoms with van der Waals surface area (Å²) in [7, 11) is 0. The highest BCUT2D eigenvalue weighted by Gasteiger charge is 2.45. The molecule has 1 aromatic carbocycles. The van der Waals surface area contributed by atoms with E-state index in [-0.39, 0.29) is 17.3 Å². The third-order valence-electron chi connectivity index (χ3n) is 4.97. The number of nitrogens with one attached hydrogen (secondary N) is 1. The fourth-order valence-corrected chi connectivity index (χ4v) is 5.11. The molecule has 26 heavy (non-hydrogen) atoms. The first-order chi connectivity index (χ1) is 12.6. The van der Waals surface area contributed by atoms with Crippen molar-refractivity contribution in [2.45, 2.75) is 37.5 Å². The van der Waals surface area contributed by atoms with E-state index in [1.165, 1.54) is 5.56 Å². The smallest absolute Gasteiger partial charge is 0.336 e. The quantitative estimate of drug-likeness (QED) is 0.477. The second kappa shape index (κ2) is 10.5. The molecule has 0 bridgehead atoms. The number of aliphatic hydroxyl groups excluding tert-OH is 1. The molecule has 0 aromatic heterocycles. The first kappa shape index (κ1) is 20.7. The summed E-state index contributed by atoms with van der Waals surface area (Å²) in [5.41, 5.74) is 3.30.